The molecule has 3 rings (SSSR count). The number of morpholine rings is 1. The predicted octanol–water partition coefficient (Wildman–Crippen LogP) is 2.51. The maximum atomic E-state index is 12.3. The number of carbonyl (C=O) groups excluding carboxylic acids is 1. The summed E-state index contributed by atoms with van der Waals surface area (Å²) in [4.78, 5) is 14.3. The molecule has 0 amide bonds. The second-order valence-electron chi connectivity index (χ2n) is 5.13. The Morgan fingerprint density at radius 2 is 1.91 bits per heavy atom. The Balaban J connectivity index is 2.16. The molecule has 1 N–H and O–H groups in total. The number of aromatic hydroxyl groups is 1. The highest BCUT2D eigenvalue weighted by Crippen LogP contribution is 2.47. The summed E-state index contributed by atoms with van der Waals surface area (Å²) in [6.45, 7) is 4.63. The van der Waals surface area contributed by atoms with Crippen LogP contribution in [0.4, 0.5) is 5.69 Å². The molecule has 5 nitrogen and oxygen atoms in total. The Hall–Kier alpha value is -2.27. The summed E-state index contributed by atoms with van der Waals surface area (Å²) in [7, 11) is 0. The van der Waals surface area contributed by atoms with Gasteiger partial charge in [0.2, 0.25) is 0 Å². The van der Waals surface area contributed by atoms with Crippen LogP contribution in [-0.2, 0) is 9.47 Å². The molecule has 1 heterocycles. The number of hydrogen-bond donors (Lipinski definition) is 1. The monoisotopic (exact) mass is 301 g/mol. The van der Waals surface area contributed by atoms with Crippen molar-refractivity contribution >= 4 is 11.7 Å². The van der Waals surface area contributed by atoms with Crippen LogP contribution in [0.5, 0.6) is 5.75 Å². The van der Waals surface area contributed by atoms with Gasteiger partial charge in [0.15, 0.2) is 5.75 Å². The van der Waals surface area contributed by atoms with Gasteiger partial charge < -0.3 is 19.5 Å². The van der Waals surface area contributed by atoms with Crippen LogP contribution in [-0.4, -0.2) is 44.0 Å². The van der Waals surface area contributed by atoms with Gasteiger partial charge in [-0.1, -0.05) is 30.3 Å². The van der Waals surface area contributed by atoms with Crippen LogP contribution in [0.3, 0.4) is 0 Å². The molecule has 0 atom stereocenters. The zero-order valence-electron chi connectivity index (χ0n) is 12.5. The maximum absolute atomic E-state index is 12.3. The highest BCUT2D eigenvalue weighted by atomic mass is 16.5. The van der Waals surface area contributed by atoms with E-state index in [2.05, 4.69) is 4.90 Å². The van der Waals surface area contributed by atoms with Gasteiger partial charge in [-0.05, 0) is 6.92 Å². The van der Waals surface area contributed by atoms with Crippen molar-refractivity contribution in [3.63, 3.8) is 0 Å². The summed E-state index contributed by atoms with van der Waals surface area (Å²) in [6.07, 6.45) is 0. The summed E-state index contributed by atoms with van der Waals surface area (Å²) < 4.78 is 10.5. The van der Waals surface area contributed by atoms with Gasteiger partial charge >= 0.3 is 5.97 Å². The molecular formula is C17H19NO4. The predicted molar refractivity (Wildman–Crippen MR) is 83.7 cm³/mol. The van der Waals surface area contributed by atoms with E-state index in [0.717, 1.165) is 5.56 Å². The van der Waals surface area contributed by atoms with Crippen LogP contribution in [0.1, 0.15) is 17.3 Å². The molecule has 0 aromatic rings. The molecule has 0 radical (unpaired) electrons. The fourth-order valence-electron chi connectivity index (χ4n) is 2.86. The molecule has 0 saturated carbocycles. The van der Waals surface area contributed by atoms with E-state index in [4.69, 9.17) is 9.47 Å². The molecule has 0 spiro atoms. The van der Waals surface area contributed by atoms with Crippen molar-refractivity contribution in [1.82, 2.24) is 0 Å². The lowest BCUT2D eigenvalue weighted by Gasteiger charge is -2.29. The van der Waals surface area contributed by atoms with E-state index in [1.54, 1.807) is 6.92 Å². The first-order chi connectivity index (χ1) is 10.7. The van der Waals surface area contributed by atoms with Crippen LogP contribution in [0, 0.1) is 0 Å². The number of rotatable bonds is 3. The first kappa shape index (κ1) is 14.7. The summed E-state index contributed by atoms with van der Waals surface area (Å²) >= 11 is 0. The second kappa shape index (κ2) is 6.23. The Labute approximate surface area is 129 Å². The van der Waals surface area contributed by atoms with Gasteiger partial charge in [-0.25, -0.2) is 4.79 Å². The van der Waals surface area contributed by atoms with Crippen LogP contribution < -0.4 is 4.90 Å². The number of fused-ring (bicyclic) bond motifs is 1. The van der Waals surface area contributed by atoms with Crippen LogP contribution in [0.25, 0.3) is 11.1 Å². The van der Waals surface area contributed by atoms with Gasteiger partial charge in [0, 0.05) is 24.2 Å². The van der Waals surface area contributed by atoms with Gasteiger partial charge in [0.25, 0.3) is 0 Å². The topological polar surface area (TPSA) is 59.0 Å². The lowest BCUT2D eigenvalue weighted by atomic mass is 10.1. The van der Waals surface area contributed by atoms with E-state index in [-0.39, 0.29) is 17.9 Å². The molecule has 116 valence electrons. The molecule has 22 heavy (non-hydrogen) atoms. The summed E-state index contributed by atoms with van der Waals surface area (Å²) in [5.41, 5.74) is 2.50. The molecule has 0 aromatic carbocycles. The maximum Gasteiger partial charge on any atom is 0.342 e. The quantitative estimate of drug-likeness (QED) is 0.883. The van der Waals surface area contributed by atoms with Crippen molar-refractivity contribution in [3.8, 4) is 16.9 Å². The highest BCUT2D eigenvalue weighted by Gasteiger charge is 2.31. The van der Waals surface area contributed by atoms with Crippen LogP contribution >= 0.6 is 0 Å². The number of ether oxygens (including phenoxy) is 2. The molecule has 2 aliphatic carbocycles. The van der Waals surface area contributed by atoms with Crippen molar-refractivity contribution in [2.75, 3.05) is 37.8 Å². The minimum atomic E-state index is -0.490. The van der Waals surface area contributed by atoms with E-state index < -0.39 is 5.97 Å². The van der Waals surface area contributed by atoms with E-state index in [1.807, 2.05) is 30.3 Å². The highest BCUT2D eigenvalue weighted by molar-refractivity contribution is 6.08. The van der Waals surface area contributed by atoms with Crippen LogP contribution in [0.2, 0.25) is 0 Å². The Morgan fingerprint density at radius 3 is 2.59 bits per heavy atom. The third kappa shape index (κ3) is 2.48. The Bertz CT molecular complexity index is 649. The fourth-order valence-corrected chi connectivity index (χ4v) is 2.86. The number of nitrogens with zero attached hydrogens (tertiary/aromatic N) is 1. The second-order valence-corrected chi connectivity index (χ2v) is 5.13. The van der Waals surface area contributed by atoms with E-state index in [0.29, 0.717) is 37.6 Å². The van der Waals surface area contributed by atoms with Crippen molar-refractivity contribution in [1.29, 1.82) is 0 Å². The van der Waals surface area contributed by atoms with Gasteiger partial charge in [0.1, 0.15) is 5.56 Å². The number of hydrogen-bond acceptors (Lipinski definition) is 5. The number of anilines is 1. The zero-order chi connectivity index (χ0) is 15.5. The first-order valence-electron chi connectivity index (χ1n) is 7.47. The van der Waals surface area contributed by atoms with Gasteiger partial charge in [-0.2, -0.15) is 0 Å². The molecule has 0 aromatic heterocycles. The molecule has 1 fully saturated rings. The molecule has 1 saturated heterocycles. The van der Waals surface area contributed by atoms with Gasteiger partial charge in [-0.3, -0.25) is 0 Å². The Morgan fingerprint density at radius 1 is 1.23 bits per heavy atom. The van der Waals surface area contributed by atoms with Crippen LogP contribution in [0.15, 0.2) is 30.3 Å². The standard InChI is InChI=1S/C17H19NO4/c1-2-22-17(20)14-12-6-4-3-5-7-13(12)15(16(14)19)18-8-10-21-11-9-18/h3-7,19H,2,8-11H2,1H3. The molecule has 0 unspecified atom stereocenters. The normalized spacial score (nSPS) is 15.0. The molecule has 1 aliphatic heterocycles. The number of esters is 1. The lowest BCUT2D eigenvalue weighted by Crippen LogP contribution is -2.36. The number of carbonyl (C=O) groups is 1. The summed E-state index contributed by atoms with van der Waals surface area (Å²) in [6, 6.07) is 9.41. The zero-order valence-corrected chi connectivity index (χ0v) is 12.5. The average Bonchev–Trinajstić information content (AvgIpc) is 2.66. The van der Waals surface area contributed by atoms with E-state index in [9.17, 15) is 9.90 Å². The summed E-state index contributed by atoms with van der Waals surface area (Å²) in [5.74, 6) is -0.489. The molecule has 5 heteroatoms. The minimum Gasteiger partial charge on any atom is -0.505 e. The van der Waals surface area contributed by atoms with Gasteiger partial charge in [0.05, 0.1) is 25.5 Å². The largest absolute Gasteiger partial charge is 0.505 e. The van der Waals surface area contributed by atoms with E-state index >= 15 is 0 Å². The minimum absolute atomic E-state index is 0.00144. The smallest absolute Gasteiger partial charge is 0.342 e. The van der Waals surface area contributed by atoms with Crippen molar-refractivity contribution in [3.05, 3.63) is 35.9 Å². The lowest BCUT2D eigenvalue weighted by molar-refractivity contribution is 0.0524. The summed E-state index contributed by atoms with van der Waals surface area (Å²) in [5, 5.41) is 10.7. The molecule has 3 aliphatic rings. The first-order valence-corrected chi connectivity index (χ1v) is 7.47. The van der Waals surface area contributed by atoms with Crippen molar-refractivity contribution in [2.45, 2.75) is 6.92 Å². The third-order valence-electron chi connectivity index (χ3n) is 3.83. The van der Waals surface area contributed by atoms with Crippen molar-refractivity contribution < 1.29 is 19.4 Å². The van der Waals surface area contributed by atoms with E-state index in [1.165, 1.54) is 0 Å². The van der Waals surface area contributed by atoms with Crippen molar-refractivity contribution in [2.24, 2.45) is 0 Å². The molecule has 0 bridgehead atoms. The third-order valence-corrected chi connectivity index (χ3v) is 3.83. The average molecular weight is 301 g/mol. The van der Waals surface area contributed by atoms with Gasteiger partial charge in [-0.15, -0.1) is 0 Å². The SMILES string of the molecule is CCOC(=O)c1c2cccccc-2c(N2CCOCC2)c1O. The Kier molecular flexibility index (Phi) is 4.15. The fraction of sp³-hybridized carbons (Fsp3) is 0.353. The molecular weight excluding hydrogens is 282 g/mol.